The number of anilines is 1. The summed E-state index contributed by atoms with van der Waals surface area (Å²) < 4.78 is 5.09. The number of aryl methyl sites for hydroxylation is 1. The number of nitrogens with one attached hydrogen (secondary N) is 1. The lowest BCUT2D eigenvalue weighted by Crippen LogP contribution is -2.24. The number of alkyl carbamates (subject to hydrolysis) is 1. The van der Waals surface area contributed by atoms with Gasteiger partial charge >= 0.3 is 6.09 Å². The van der Waals surface area contributed by atoms with E-state index in [0.717, 1.165) is 16.7 Å². The van der Waals surface area contributed by atoms with Gasteiger partial charge < -0.3 is 15.8 Å². The first kappa shape index (κ1) is 15.5. The van der Waals surface area contributed by atoms with Gasteiger partial charge in [0.05, 0.1) is 6.54 Å². The number of carbonyl (C=O) groups is 1. The summed E-state index contributed by atoms with van der Waals surface area (Å²) in [6.07, 6.45) is -0.484. The van der Waals surface area contributed by atoms with Gasteiger partial charge in [0.25, 0.3) is 0 Å². The zero-order valence-electron chi connectivity index (χ0n) is 12.4. The third-order valence-electron chi connectivity index (χ3n) is 3.02. The zero-order valence-corrected chi connectivity index (χ0v) is 12.4. The summed E-state index contributed by atoms with van der Waals surface area (Å²) >= 11 is 0. The van der Waals surface area contributed by atoms with Gasteiger partial charge in [0.15, 0.2) is 0 Å². The number of benzene rings is 2. The minimum absolute atomic E-state index is 0.224. The van der Waals surface area contributed by atoms with Gasteiger partial charge in [-0.15, -0.1) is 0 Å². The molecule has 2 aromatic carbocycles. The van der Waals surface area contributed by atoms with Crippen molar-refractivity contribution < 1.29 is 9.53 Å². The molecule has 2 rings (SSSR count). The number of nitrogen functional groups attached to an aromatic ring is 1. The third-order valence-corrected chi connectivity index (χ3v) is 3.02. The van der Waals surface area contributed by atoms with Crippen LogP contribution in [0.2, 0.25) is 0 Å². The van der Waals surface area contributed by atoms with Crippen molar-refractivity contribution in [1.82, 2.24) is 5.32 Å². The summed E-state index contributed by atoms with van der Waals surface area (Å²) in [4.78, 5) is 11.5. The van der Waals surface area contributed by atoms with Crippen molar-refractivity contribution in [2.24, 2.45) is 0 Å². The molecule has 3 N–H and O–H groups in total. The van der Waals surface area contributed by atoms with E-state index in [4.69, 9.17) is 10.5 Å². The Bertz CT molecular complexity index is 700. The van der Waals surface area contributed by atoms with Gasteiger partial charge in [0.2, 0.25) is 0 Å². The smallest absolute Gasteiger partial charge is 0.408 e. The molecule has 4 heteroatoms. The summed E-state index contributed by atoms with van der Waals surface area (Å²) in [5.41, 5.74) is 9.24. The van der Waals surface area contributed by atoms with Crippen LogP contribution in [0.3, 0.4) is 0 Å². The van der Waals surface area contributed by atoms with E-state index in [1.165, 1.54) is 0 Å². The molecule has 0 atom stereocenters. The minimum atomic E-state index is -0.484. The number of carbonyl (C=O) groups excluding carboxylic acids is 1. The fourth-order valence-corrected chi connectivity index (χ4v) is 1.80. The topological polar surface area (TPSA) is 64.3 Å². The molecule has 0 aliphatic carbocycles. The molecule has 4 nitrogen and oxygen atoms in total. The fourth-order valence-electron chi connectivity index (χ4n) is 1.80. The number of nitrogens with two attached hydrogens (primary N) is 1. The second-order valence-electron chi connectivity index (χ2n) is 4.79. The van der Waals surface area contributed by atoms with Gasteiger partial charge in [-0.25, -0.2) is 4.79 Å². The van der Waals surface area contributed by atoms with Crippen molar-refractivity contribution in [2.75, 3.05) is 12.3 Å². The molecule has 0 aliphatic rings. The molecule has 1 amide bonds. The molecule has 0 spiro atoms. The molecular formula is C18H18N2O2. The molecule has 0 aliphatic heterocycles. The summed E-state index contributed by atoms with van der Waals surface area (Å²) in [6.45, 7) is 2.43. The number of hydrogen-bond donors (Lipinski definition) is 2. The maximum atomic E-state index is 11.5. The van der Waals surface area contributed by atoms with Crippen molar-refractivity contribution in [1.29, 1.82) is 0 Å². The van der Waals surface area contributed by atoms with Crippen LogP contribution < -0.4 is 11.1 Å². The van der Waals surface area contributed by atoms with Gasteiger partial charge in [-0.3, -0.25) is 0 Å². The van der Waals surface area contributed by atoms with E-state index < -0.39 is 6.09 Å². The summed E-state index contributed by atoms with van der Waals surface area (Å²) in [7, 11) is 0. The van der Waals surface area contributed by atoms with E-state index in [1.54, 1.807) is 0 Å². The van der Waals surface area contributed by atoms with Crippen molar-refractivity contribution in [3.8, 4) is 11.8 Å². The lowest BCUT2D eigenvalue weighted by atomic mass is 10.1. The third kappa shape index (κ3) is 4.88. The highest BCUT2D eigenvalue weighted by Crippen LogP contribution is 2.10. The van der Waals surface area contributed by atoms with Crippen LogP contribution in [-0.2, 0) is 11.3 Å². The van der Waals surface area contributed by atoms with Gasteiger partial charge in [0.1, 0.15) is 6.61 Å². The number of rotatable bonds is 3. The van der Waals surface area contributed by atoms with Gasteiger partial charge in [-0.1, -0.05) is 48.2 Å². The second kappa shape index (κ2) is 7.75. The van der Waals surface area contributed by atoms with Gasteiger partial charge in [-0.2, -0.15) is 0 Å². The molecule has 0 bridgehead atoms. The summed E-state index contributed by atoms with van der Waals surface area (Å²) in [5.74, 6) is 5.86. The average molecular weight is 294 g/mol. The van der Waals surface area contributed by atoms with E-state index >= 15 is 0 Å². The summed E-state index contributed by atoms with van der Waals surface area (Å²) in [6, 6.07) is 15.1. The van der Waals surface area contributed by atoms with E-state index in [9.17, 15) is 4.79 Å². The van der Waals surface area contributed by atoms with Crippen molar-refractivity contribution in [2.45, 2.75) is 13.5 Å². The normalized spacial score (nSPS) is 9.50. The predicted molar refractivity (Wildman–Crippen MR) is 87.1 cm³/mol. The Morgan fingerprint density at radius 1 is 1.23 bits per heavy atom. The summed E-state index contributed by atoms with van der Waals surface area (Å²) in [5, 5.41) is 2.59. The Morgan fingerprint density at radius 2 is 2.00 bits per heavy atom. The molecule has 112 valence electrons. The average Bonchev–Trinajstić information content (AvgIpc) is 2.53. The lowest BCUT2D eigenvalue weighted by Gasteiger charge is -2.04. The van der Waals surface area contributed by atoms with Crippen LogP contribution in [0.1, 0.15) is 16.7 Å². The van der Waals surface area contributed by atoms with Crippen LogP contribution >= 0.6 is 0 Å². The monoisotopic (exact) mass is 294 g/mol. The van der Waals surface area contributed by atoms with Crippen LogP contribution in [0.25, 0.3) is 0 Å². The fraction of sp³-hybridized carbons (Fsp3) is 0.167. The van der Waals surface area contributed by atoms with E-state index in [1.807, 2.05) is 55.5 Å². The Kier molecular flexibility index (Phi) is 5.44. The lowest BCUT2D eigenvalue weighted by molar-refractivity contribution is 0.141. The van der Waals surface area contributed by atoms with Crippen LogP contribution in [0.4, 0.5) is 10.5 Å². The predicted octanol–water partition coefficient (Wildman–Crippen LogP) is 2.86. The van der Waals surface area contributed by atoms with E-state index in [0.29, 0.717) is 5.69 Å². The molecule has 0 aromatic heterocycles. The number of amides is 1. The maximum absolute atomic E-state index is 11.5. The second-order valence-corrected chi connectivity index (χ2v) is 4.79. The van der Waals surface area contributed by atoms with Crippen LogP contribution in [0.5, 0.6) is 0 Å². The first-order chi connectivity index (χ1) is 10.6. The molecular weight excluding hydrogens is 276 g/mol. The highest BCUT2D eigenvalue weighted by Gasteiger charge is 2.00. The minimum Gasteiger partial charge on any atom is -0.445 e. The van der Waals surface area contributed by atoms with Gasteiger partial charge in [-0.05, 0) is 30.2 Å². The highest BCUT2D eigenvalue weighted by atomic mass is 16.5. The maximum Gasteiger partial charge on any atom is 0.408 e. The molecule has 2 aromatic rings. The van der Waals surface area contributed by atoms with Crippen molar-refractivity contribution in [3.63, 3.8) is 0 Å². The first-order valence-electron chi connectivity index (χ1n) is 6.94. The Labute approximate surface area is 130 Å². The van der Waals surface area contributed by atoms with E-state index in [2.05, 4.69) is 17.2 Å². The standard InChI is InChI=1S/C18H18N2O2/c1-14-9-10-17(19)12-16(14)8-5-11-20-18(21)22-13-15-6-3-2-4-7-15/h2-4,6-7,9-10,12H,11,13,19H2,1H3,(H,20,21). The van der Waals surface area contributed by atoms with Crippen LogP contribution in [0.15, 0.2) is 48.5 Å². The molecule has 0 radical (unpaired) electrons. The number of hydrogen-bond acceptors (Lipinski definition) is 3. The molecule has 0 saturated heterocycles. The Morgan fingerprint density at radius 3 is 2.77 bits per heavy atom. The van der Waals surface area contributed by atoms with Gasteiger partial charge in [0, 0.05) is 11.3 Å². The Balaban J connectivity index is 1.78. The van der Waals surface area contributed by atoms with Crippen LogP contribution in [-0.4, -0.2) is 12.6 Å². The largest absolute Gasteiger partial charge is 0.445 e. The SMILES string of the molecule is Cc1ccc(N)cc1C#CCNC(=O)OCc1ccccc1. The first-order valence-corrected chi connectivity index (χ1v) is 6.94. The molecule has 0 saturated carbocycles. The quantitative estimate of drug-likeness (QED) is 0.676. The number of ether oxygens (including phenoxy) is 1. The highest BCUT2D eigenvalue weighted by molar-refractivity contribution is 5.67. The molecule has 0 fully saturated rings. The van der Waals surface area contributed by atoms with Crippen LogP contribution in [0, 0.1) is 18.8 Å². The van der Waals surface area contributed by atoms with Crippen molar-refractivity contribution in [3.05, 3.63) is 65.2 Å². The molecule has 0 unspecified atom stereocenters. The zero-order chi connectivity index (χ0) is 15.8. The molecule has 22 heavy (non-hydrogen) atoms. The molecule has 0 heterocycles. The Hall–Kier alpha value is -2.93. The van der Waals surface area contributed by atoms with Crippen molar-refractivity contribution >= 4 is 11.8 Å². The van der Waals surface area contributed by atoms with E-state index in [-0.39, 0.29) is 13.2 Å².